The van der Waals surface area contributed by atoms with Crippen LogP contribution in [0.2, 0.25) is 5.02 Å². The Morgan fingerprint density at radius 1 is 1.47 bits per heavy atom. The Bertz CT molecular complexity index is 440. The van der Waals surface area contributed by atoms with Crippen LogP contribution in [0.5, 0.6) is 0 Å². The van der Waals surface area contributed by atoms with E-state index in [1.54, 1.807) is 18.2 Å². The molecule has 4 heteroatoms. The van der Waals surface area contributed by atoms with Gasteiger partial charge in [-0.15, -0.1) is 0 Å². The number of anilines is 1. The third-order valence-corrected chi connectivity index (χ3v) is 2.56. The number of carbonyl (C=O) groups excluding carboxylic acids is 1. The molecule has 0 amide bonds. The van der Waals surface area contributed by atoms with E-state index in [4.69, 9.17) is 22.1 Å². The first-order chi connectivity index (χ1) is 7.18. The van der Waals surface area contributed by atoms with E-state index < -0.39 is 0 Å². The lowest BCUT2D eigenvalue weighted by atomic mass is 10.0. The Balaban J connectivity index is 2.33. The fourth-order valence-corrected chi connectivity index (χ4v) is 1.72. The normalized spacial score (nSPS) is 14.6. The number of Topliss-reactive ketones (excluding diaryl/α,β-unsaturated/α-hetero) is 1. The standard InChI is InChI=1S/C11H10ClNO2/c12-10-5-8(13)1-2-9(10)11(14)7-3-4-15-6-7/h1-2,5-6H,3-4,13H2. The first-order valence-electron chi connectivity index (χ1n) is 4.59. The molecule has 0 aliphatic carbocycles. The van der Waals surface area contributed by atoms with Gasteiger partial charge >= 0.3 is 0 Å². The lowest BCUT2D eigenvalue weighted by Gasteiger charge is -2.03. The number of nitrogen functional groups attached to an aromatic ring is 1. The van der Waals surface area contributed by atoms with Gasteiger partial charge in [-0.2, -0.15) is 0 Å². The largest absolute Gasteiger partial charge is 0.500 e. The van der Waals surface area contributed by atoms with E-state index in [1.807, 2.05) is 0 Å². The van der Waals surface area contributed by atoms with Gasteiger partial charge in [0.2, 0.25) is 0 Å². The number of rotatable bonds is 2. The number of ketones is 1. The quantitative estimate of drug-likeness (QED) is 0.619. The summed E-state index contributed by atoms with van der Waals surface area (Å²) in [5.74, 6) is -0.0856. The molecule has 1 heterocycles. The van der Waals surface area contributed by atoms with E-state index in [-0.39, 0.29) is 5.78 Å². The van der Waals surface area contributed by atoms with Crippen LogP contribution in [-0.4, -0.2) is 12.4 Å². The Hall–Kier alpha value is -1.48. The Morgan fingerprint density at radius 2 is 2.27 bits per heavy atom. The molecule has 0 saturated heterocycles. The van der Waals surface area contributed by atoms with Gasteiger partial charge in [0.15, 0.2) is 5.78 Å². The van der Waals surface area contributed by atoms with Gasteiger partial charge in [-0.05, 0) is 18.2 Å². The minimum atomic E-state index is -0.0856. The number of halogens is 1. The second-order valence-electron chi connectivity index (χ2n) is 3.33. The number of nitrogens with two attached hydrogens (primary N) is 1. The van der Waals surface area contributed by atoms with E-state index in [0.717, 1.165) is 0 Å². The molecular weight excluding hydrogens is 214 g/mol. The number of ether oxygens (including phenoxy) is 1. The lowest BCUT2D eigenvalue weighted by Crippen LogP contribution is -2.03. The van der Waals surface area contributed by atoms with Crippen molar-refractivity contribution >= 4 is 23.1 Å². The van der Waals surface area contributed by atoms with E-state index >= 15 is 0 Å². The highest BCUT2D eigenvalue weighted by atomic mass is 35.5. The summed E-state index contributed by atoms with van der Waals surface area (Å²) in [6.07, 6.45) is 2.13. The van der Waals surface area contributed by atoms with E-state index in [2.05, 4.69) is 0 Å². The molecule has 0 unspecified atom stereocenters. The molecule has 2 N–H and O–H groups in total. The van der Waals surface area contributed by atoms with Gasteiger partial charge in [0.25, 0.3) is 0 Å². The molecule has 0 bridgehead atoms. The Morgan fingerprint density at radius 3 is 2.87 bits per heavy atom. The van der Waals surface area contributed by atoms with E-state index in [1.165, 1.54) is 6.26 Å². The van der Waals surface area contributed by atoms with Crippen LogP contribution < -0.4 is 5.73 Å². The van der Waals surface area contributed by atoms with Crippen molar-refractivity contribution in [1.82, 2.24) is 0 Å². The molecule has 2 rings (SSSR count). The van der Waals surface area contributed by atoms with Crippen molar-refractivity contribution in [3.05, 3.63) is 40.6 Å². The van der Waals surface area contributed by atoms with Crippen molar-refractivity contribution in [3.8, 4) is 0 Å². The molecule has 1 aliphatic rings. The smallest absolute Gasteiger partial charge is 0.193 e. The maximum absolute atomic E-state index is 11.9. The predicted octanol–water partition coefficient (Wildman–Crippen LogP) is 2.41. The average Bonchev–Trinajstić information content (AvgIpc) is 2.69. The molecule has 3 nitrogen and oxygen atoms in total. The third kappa shape index (κ3) is 1.97. The number of carbonyl (C=O) groups is 1. The molecule has 1 aliphatic heterocycles. The molecule has 78 valence electrons. The van der Waals surface area contributed by atoms with Crippen LogP contribution in [0.4, 0.5) is 5.69 Å². The van der Waals surface area contributed by atoms with Crippen molar-refractivity contribution in [1.29, 1.82) is 0 Å². The number of hydrogen-bond donors (Lipinski definition) is 1. The molecule has 0 saturated carbocycles. The minimum Gasteiger partial charge on any atom is -0.500 e. The monoisotopic (exact) mass is 223 g/mol. The van der Waals surface area contributed by atoms with Crippen molar-refractivity contribution < 1.29 is 9.53 Å². The molecule has 1 aromatic rings. The van der Waals surface area contributed by atoms with Gasteiger partial charge in [-0.25, -0.2) is 0 Å². The molecule has 0 radical (unpaired) electrons. The summed E-state index contributed by atoms with van der Waals surface area (Å²) in [5.41, 5.74) is 7.22. The lowest BCUT2D eigenvalue weighted by molar-refractivity contribution is 0.103. The topological polar surface area (TPSA) is 52.3 Å². The highest BCUT2D eigenvalue weighted by Crippen LogP contribution is 2.24. The molecule has 0 atom stereocenters. The number of benzene rings is 1. The maximum atomic E-state index is 11.9. The molecule has 15 heavy (non-hydrogen) atoms. The summed E-state index contributed by atoms with van der Waals surface area (Å²) in [7, 11) is 0. The zero-order valence-electron chi connectivity index (χ0n) is 8.00. The van der Waals surface area contributed by atoms with Crippen LogP contribution in [0, 0.1) is 0 Å². The second kappa shape index (κ2) is 3.95. The molecule has 0 aromatic heterocycles. The second-order valence-corrected chi connectivity index (χ2v) is 3.74. The van der Waals surface area contributed by atoms with Crippen LogP contribution in [0.3, 0.4) is 0 Å². The summed E-state index contributed by atoms with van der Waals surface area (Å²) in [6, 6.07) is 4.87. The Kier molecular flexibility index (Phi) is 2.64. The summed E-state index contributed by atoms with van der Waals surface area (Å²) >= 11 is 5.93. The van der Waals surface area contributed by atoms with Crippen molar-refractivity contribution in [2.75, 3.05) is 12.3 Å². The zero-order chi connectivity index (χ0) is 10.8. The van der Waals surface area contributed by atoms with Gasteiger partial charge in [-0.1, -0.05) is 11.6 Å². The van der Waals surface area contributed by atoms with Crippen LogP contribution in [0.25, 0.3) is 0 Å². The molecule has 1 aromatic carbocycles. The van der Waals surface area contributed by atoms with Gasteiger partial charge in [0.1, 0.15) is 0 Å². The van der Waals surface area contributed by atoms with Crippen LogP contribution >= 0.6 is 11.6 Å². The van der Waals surface area contributed by atoms with E-state index in [9.17, 15) is 4.79 Å². The van der Waals surface area contributed by atoms with Crippen LogP contribution in [-0.2, 0) is 4.74 Å². The average molecular weight is 224 g/mol. The van der Waals surface area contributed by atoms with Crippen LogP contribution in [0.15, 0.2) is 30.0 Å². The summed E-state index contributed by atoms with van der Waals surface area (Å²) < 4.78 is 5.01. The first-order valence-corrected chi connectivity index (χ1v) is 4.96. The maximum Gasteiger partial charge on any atom is 0.193 e. The fourth-order valence-electron chi connectivity index (χ4n) is 1.44. The van der Waals surface area contributed by atoms with Crippen molar-refractivity contribution in [3.63, 3.8) is 0 Å². The zero-order valence-corrected chi connectivity index (χ0v) is 8.75. The number of hydrogen-bond acceptors (Lipinski definition) is 3. The predicted molar refractivity (Wildman–Crippen MR) is 58.8 cm³/mol. The first kappa shape index (κ1) is 10.1. The minimum absolute atomic E-state index is 0.0856. The summed E-state index contributed by atoms with van der Waals surface area (Å²) in [6.45, 7) is 0.563. The van der Waals surface area contributed by atoms with E-state index in [0.29, 0.717) is 34.9 Å². The SMILES string of the molecule is Nc1ccc(C(=O)C2=COCC2)c(Cl)c1. The van der Waals surface area contributed by atoms with Gasteiger partial charge in [0, 0.05) is 23.2 Å². The summed E-state index contributed by atoms with van der Waals surface area (Å²) in [5, 5.41) is 0.382. The summed E-state index contributed by atoms with van der Waals surface area (Å²) in [4.78, 5) is 11.9. The molecular formula is C11H10ClNO2. The van der Waals surface area contributed by atoms with Crippen LogP contribution in [0.1, 0.15) is 16.8 Å². The van der Waals surface area contributed by atoms with Crippen molar-refractivity contribution in [2.24, 2.45) is 0 Å². The van der Waals surface area contributed by atoms with Gasteiger partial charge in [-0.3, -0.25) is 4.79 Å². The molecule has 0 fully saturated rings. The third-order valence-electron chi connectivity index (χ3n) is 2.24. The molecule has 0 spiro atoms. The highest BCUT2D eigenvalue weighted by molar-refractivity contribution is 6.35. The fraction of sp³-hybridized carbons (Fsp3) is 0.182. The van der Waals surface area contributed by atoms with Crippen molar-refractivity contribution in [2.45, 2.75) is 6.42 Å². The van der Waals surface area contributed by atoms with Gasteiger partial charge < -0.3 is 10.5 Å². The van der Waals surface area contributed by atoms with Gasteiger partial charge in [0.05, 0.1) is 17.9 Å². The Labute approximate surface area is 92.5 Å². The highest BCUT2D eigenvalue weighted by Gasteiger charge is 2.18.